The maximum absolute atomic E-state index is 12.0. The molecule has 0 bridgehead atoms. The van der Waals surface area contributed by atoms with Crippen LogP contribution in [0.5, 0.6) is 11.5 Å². The predicted molar refractivity (Wildman–Crippen MR) is 133 cm³/mol. The van der Waals surface area contributed by atoms with Crippen LogP contribution in [0.15, 0.2) is 60.7 Å². The number of carboxylic acid groups (broad SMARTS) is 1. The van der Waals surface area contributed by atoms with Crippen molar-refractivity contribution in [3.63, 3.8) is 0 Å². The van der Waals surface area contributed by atoms with E-state index in [4.69, 9.17) is 49.3 Å². The van der Waals surface area contributed by atoms with Gasteiger partial charge in [-0.25, -0.2) is 9.78 Å². The molecule has 1 aromatic heterocycles. The number of fused-ring (bicyclic) bond motifs is 1. The van der Waals surface area contributed by atoms with Crippen molar-refractivity contribution in [1.82, 2.24) is 9.97 Å². The van der Waals surface area contributed by atoms with E-state index in [2.05, 4.69) is 4.98 Å². The minimum absolute atomic E-state index is 0.0476. The number of carbonyl (C=O) groups is 1. The SMILES string of the molecule is O=C(O)/C(=C/c1nc(-c2ccc3c(c2)OCO3)c(-c2cc(Cl)ccc2Cl)[nH]1)c1ccc(Cl)cc1. The van der Waals surface area contributed by atoms with Crippen LogP contribution in [-0.4, -0.2) is 27.8 Å². The van der Waals surface area contributed by atoms with E-state index in [1.54, 1.807) is 48.5 Å². The van der Waals surface area contributed by atoms with E-state index in [0.717, 1.165) is 5.56 Å². The van der Waals surface area contributed by atoms with Crippen LogP contribution < -0.4 is 9.47 Å². The number of rotatable bonds is 5. The Morgan fingerprint density at radius 3 is 2.44 bits per heavy atom. The highest BCUT2D eigenvalue weighted by atomic mass is 35.5. The van der Waals surface area contributed by atoms with Crippen molar-refractivity contribution in [2.45, 2.75) is 0 Å². The maximum atomic E-state index is 12.0. The quantitative estimate of drug-likeness (QED) is 0.279. The molecule has 5 rings (SSSR count). The van der Waals surface area contributed by atoms with E-state index in [1.165, 1.54) is 6.08 Å². The molecule has 9 heteroatoms. The number of aromatic nitrogens is 2. The van der Waals surface area contributed by atoms with Gasteiger partial charge in [-0.1, -0.05) is 46.9 Å². The number of hydrogen-bond acceptors (Lipinski definition) is 4. The molecule has 2 heterocycles. The summed E-state index contributed by atoms with van der Waals surface area (Å²) in [5.41, 5.74) is 3.02. The minimum Gasteiger partial charge on any atom is -0.478 e. The third kappa shape index (κ3) is 4.35. The smallest absolute Gasteiger partial charge is 0.336 e. The topological polar surface area (TPSA) is 84.4 Å². The number of nitrogens with zero attached hydrogens (tertiary/aromatic N) is 1. The van der Waals surface area contributed by atoms with Crippen molar-refractivity contribution in [2.24, 2.45) is 0 Å². The van der Waals surface area contributed by atoms with Gasteiger partial charge in [0.25, 0.3) is 0 Å². The molecule has 0 aliphatic carbocycles. The predicted octanol–water partition coefficient (Wildman–Crippen LogP) is 7.06. The third-order valence-electron chi connectivity index (χ3n) is 5.23. The number of imidazole rings is 1. The highest BCUT2D eigenvalue weighted by Crippen LogP contribution is 2.40. The van der Waals surface area contributed by atoms with Gasteiger partial charge in [-0.3, -0.25) is 0 Å². The van der Waals surface area contributed by atoms with E-state index >= 15 is 0 Å². The fourth-order valence-corrected chi connectivity index (χ4v) is 4.14. The largest absolute Gasteiger partial charge is 0.478 e. The number of ether oxygens (including phenoxy) is 2. The van der Waals surface area contributed by atoms with Crippen molar-refractivity contribution < 1.29 is 19.4 Å². The average Bonchev–Trinajstić information content (AvgIpc) is 3.46. The van der Waals surface area contributed by atoms with E-state index in [1.807, 2.05) is 12.1 Å². The second-order valence-corrected chi connectivity index (χ2v) is 8.69. The first-order chi connectivity index (χ1) is 16.4. The number of aromatic amines is 1. The zero-order chi connectivity index (χ0) is 23.8. The second-order valence-electron chi connectivity index (χ2n) is 7.41. The number of halogens is 3. The van der Waals surface area contributed by atoms with Crippen LogP contribution in [-0.2, 0) is 4.79 Å². The summed E-state index contributed by atoms with van der Waals surface area (Å²) in [5.74, 6) is 0.447. The molecule has 6 nitrogen and oxygen atoms in total. The number of aliphatic carboxylic acids is 1. The lowest BCUT2D eigenvalue weighted by atomic mass is 10.0. The monoisotopic (exact) mass is 512 g/mol. The van der Waals surface area contributed by atoms with Gasteiger partial charge in [0.15, 0.2) is 11.5 Å². The van der Waals surface area contributed by atoms with E-state index in [0.29, 0.717) is 54.9 Å². The molecule has 3 aromatic carbocycles. The summed E-state index contributed by atoms with van der Waals surface area (Å²) in [6.45, 7) is 0.142. The van der Waals surface area contributed by atoms with Crippen molar-refractivity contribution in [1.29, 1.82) is 0 Å². The van der Waals surface area contributed by atoms with Crippen LogP contribution in [0, 0.1) is 0 Å². The Balaban J connectivity index is 1.69. The molecule has 0 spiro atoms. The molecular formula is C25H15Cl3N2O4. The molecular weight excluding hydrogens is 499 g/mol. The van der Waals surface area contributed by atoms with Crippen LogP contribution in [0.25, 0.3) is 34.2 Å². The van der Waals surface area contributed by atoms with Crippen LogP contribution in [0.4, 0.5) is 0 Å². The molecule has 0 amide bonds. The first kappa shape index (κ1) is 22.3. The molecule has 1 aliphatic heterocycles. The Kier molecular flexibility index (Phi) is 5.96. The van der Waals surface area contributed by atoms with Crippen LogP contribution >= 0.6 is 34.8 Å². The second kappa shape index (κ2) is 9.06. The summed E-state index contributed by atoms with van der Waals surface area (Å²) in [6, 6.07) is 17.1. The summed E-state index contributed by atoms with van der Waals surface area (Å²) in [5, 5.41) is 11.3. The number of nitrogens with one attached hydrogen (secondary N) is 1. The summed E-state index contributed by atoms with van der Waals surface area (Å²) in [7, 11) is 0. The molecule has 0 saturated carbocycles. The average molecular weight is 514 g/mol. The Bertz CT molecular complexity index is 1450. The number of H-pyrrole nitrogens is 1. The number of carboxylic acids is 1. The fourth-order valence-electron chi connectivity index (χ4n) is 3.63. The maximum Gasteiger partial charge on any atom is 0.336 e. The Morgan fingerprint density at radius 1 is 0.941 bits per heavy atom. The molecule has 170 valence electrons. The van der Waals surface area contributed by atoms with Gasteiger partial charge >= 0.3 is 5.97 Å². The first-order valence-corrected chi connectivity index (χ1v) is 11.2. The van der Waals surface area contributed by atoms with Gasteiger partial charge in [-0.2, -0.15) is 0 Å². The number of hydrogen-bond donors (Lipinski definition) is 2. The normalized spacial score (nSPS) is 12.7. The number of benzene rings is 3. The van der Waals surface area contributed by atoms with E-state index < -0.39 is 5.97 Å². The summed E-state index contributed by atoms with van der Waals surface area (Å²) in [4.78, 5) is 19.9. The molecule has 1 aliphatic rings. The summed E-state index contributed by atoms with van der Waals surface area (Å²) >= 11 is 18.7. The Morgan fingerprint density at radius 2 is 1.68 bits per heavy atom. The minimum atomic E-state index is -1.11. The fraction of sp³-hybridized carbons (Fsp3) is 0.0400. The zero-order valence-corrected chi connectivity index (χ0v) is 19.6. The zero-order valence-electron chi connectivity index (χ0n) is 17.3. The third-order valence-corrected chi connectivity index (χ3v) is 6.05. The molecule has 0 atom stereocenters. The van der Waals surface area contributed by atoms with Crippen LogP contribution in [0.1, 0.15) is 11.4 Å². The van der Waals surface area contributed by atoms with Gasteiger partial charge in [0, 0.05) is 21.2 Å². The van der Waals surface area contributed by atoms with E-state index in [-0.39, 0.29) is 12.4 Å². The molecule has 4 aromatic rings. The Labute approximate surface area is 209 Å². The van der Waals surface area contributed by atoms with Crippen molar-refractivity contribution >= 4 is 52.4 Å². The highest BCUT2D eigenvalue weighted by molar-refractivity contribution is 6.35. The summed E-state index contributed by atoms with van der Waals surface area (Å²) in [6.07, 6.45) is 1.46. The molecule has 2 N–H and O–H groups in total. The lowest BCUT2D eigenvalue weighted by Gasteiger charge is -2.07. The molecule has 0 radical (unpaired) electrons. The van der Waals surface area contributed by atoms with Gasteiger partial charge < -0.3 is 19.6 Å². The standard InChI is InChI=1S/C25H15Cl3N2O4/c26-15-4-1-13(2-5-15)17(25(31)32)11-22-29-23(14-3-8-20-21(9-14)34-12-33-20)24(30-22)18-10-16(27)6-7-19(18)28/h1-11H,12H2,(H,29,30)(H,31,32)/b17-11+. The Hall–Kier alpha value is -3.45. The van der Waals surface area contributed by atoms with Gasteiger partial charge in [0.05, 0.1) is 22.0 Å². The van der Waals surface area contributed by atoms with Gasteiger partial charge in [-0.05, 0) is 60.2 Å². The van der Waals surface area contributed by atoms with Crippen LogP contribution in [0.3, 0.4) is 0 Å². The lowest BCUT2D eigenvalue weighted by molar-refractivity contribution is -0.130. The van der Waals surface area contributed by atoms with Crippen molar-refractivity contribution in [3.05, 3.63) is 87.1 Å². The van der Waals surface area contributed by atoms with Crippen LogP contribution in [0.2, 0.25) is 15.1 Å². The molecule has 0 saturated heterocycles. The van der Waals surface area contributed by atoms with Gasteiger partial charge in [0.1, 0.15) is 5.82 Å². The van der Waals surface area contributed by atoms with Gasteiger partial charge in [-0.15, -0.1) is 0 Å². The van der Waals surface area contributed by atoms with Crippen molar-refractivity contribution in [2.75, 3.05) is 6.79 Å². The molecule has 0 unspecified atom stereocenters. The van der Waals surface area contributed by atoms with Gasteiger partial charge in [0.2, 0.25) is 6.79 Å². The lowest BCUT2D eigenvalue weighted by Crippen LogP contribution is -2.00. The van der Waals surface area contributed by atoms with Crippen molar-refractivity contribution in [3.8, 4) is 34.0 Å². The van der Waals surface area contributed by atoms with E-state index in [9.17, 15) is 9.90 Å². The highest BCUT2D eigenvalue weighted by Gasteiger charge is 2.21. The first-order valence-electron chi connectivity index (χ1n) is 10.1. The molecule has 34 heavy (non-hydrogen) atoms. The summed E-state index contributed by atoms with van der Waals surface area (Å²) < 4.78 is 10.9. The molecule has 0 fully saturated rings.